The van der Waals surface area contributed by atoms with E-state index in [1.807, 2.05) is 30.5 Å². The third-order valence-corrected chi connectivity index (χ3v) is 3.71. The van der Waals surface area contributed by atoms with Crippen molar-refractivity contribution in [2.24, 2.45) is 0 Å². The molecule has 2 rings (SSSR count). The molecule has 0 bridgehead atoms. The largest absolute Gasteiger partial charge is 0.443 e. The summed E-state index contributed by atoms with van der Waals surface area (Å²) in [6.07, 6.45) is -0.909. The Bertz CT molecular complexity index is 590. The van der Waals surface area contributed by atoms with E-state index in [1.165, 1.54) is 18.4 Å². The van der Waals surface area contributed by atoms with Crippen LogP contribution in [0.25, 0.3) is 0 Å². The van der Waals surface area contributed by atoms with E-state index in [9.17, 15) is 9.59 Å². The molecule has 1 N–H and O–H groups in total. The molecule has 0 fully saturated rings. The molecule has 20 heavy (non-hydrogen) atoms. The first kappa shape index (κ1) is 14.3. The lowest BCUT2D eigenvalue weighted by atomic mass is 10.1. The predicted octanol–water partition coefficient (Wildman–Crippen LogP) is 2.70. The van der Waals surface area contributed by atoms with Crippen LogP contribution in [-0.4, -0.2) is 18.9 Å². The lowest BCUT2D eigenvalue weighted by molar-refractivity contribution is -0.129. The summed E-state index contributed by atoms with van der Waals surface area (Å²) in [5.41, 5.74) is 1.49. The second-order valence-corrected chi connectivity index (χ2v) is 5.26. The molecule has 4 nitrogen and oxygen atoms in total. The highest BCUT2D eigenvalue weighted by atomic mass is 32.1. The zero-order valence-electron chi connectivity index (χ0n) is 11.3. The van der Waals surface area contributed by atoms with Crippen LogP contribution in [0.4, 0.5) is 0 Å². The molecule has 1 aromatic carbocycles. The Kier molecular flexibility index (Phi) is 4.53. The zero-order chi connectivity index (χ0) is 14.5. The Labute approximate surface area is 121 Å². The van der Waals surface area contributed by atoms with E-state index in [4.69, 9.17) is 4.74 Å². The molecule has 1 atom stereocenters. The second-order valence-electron chi connectivity index (χ2n) is 4.28. The standard InChI is InChI=1S/C15H15NO3S/c1-10-5-7-11(8-6-10)15(18)19-13(14(17)16-2)12-4-3-9-20-12/h3-9,13H,1-2H3,(H,16,17). The first-order valence-corrected chi connectivity index (χ1v) is 7.02. The number of likely N-dealkylation sites (N-methyl/N-ethyl adjacent to an activating group) is 1. The van der Waals surface area contributed by atoms with Crippen molar-refractivity contribution in [1.82, 2.24) is 5.32 Å². The number of rotatable bonds is 4. The molecule has 0 aliphatic rings. The van der Waals surface area contributed by atoms with Crippen LogP contribution in [0.2, 0.25) is 0 Å². The van der Waals surface area contributed by atoms with Gasteiger partial charge in [-0.3, -0.25) is 4.79 Å². The van der Waals surface area contributed by atoms with Crippen molar-refractivity contribution in [2.75, 3.05) is 7.05 Å². The maximum atomic E-state index is 12.1. The molecule has 0 spiro atoms. The van der Waals surface area contributed by atoms with Crippen LogP contribution in [0.15, 0.2) is 41.8 Å². The van der Waals surface area contributed by atoms with Gasteiger partial charge in [0.1, 0.15) is 0 Å². The summed E-state index contributed by atoms with van der Waals surface area (Å²) in [4.78, 5) is 24.6. The zero-order valence-corrected chi connectivity index (χ0v) is 12.1. The number of amides is 1. The van der Waals surface area contributed by atoms with Gasteiger partial charge in [0.25, 0.3) is 5.91 Å². The van der Waals surface area contributed by atoms with Gasteiger partial charge in [0.15, 0.2) is 0 Å². The summed E-state index contributed by atoms with van der Waals surface area (Å²) in [5.74, 6) is -0.847. The molecule has 5 heteroatoms. The molecule has 1 aromatic heterocycles. The molecule has 1 unspecified atom stereocenters. The number of esters is 1. The molecule has 2 aromatic rings. The monoisotopic (exact) mass is 289 g/mol. The second kappa shape index (κ2) is 6.34. The van der Waals surface area contributed by atoms with Gasteiger partial charge in [0.05, 0.1) is 10.4 Å². The van der Waals surface area contributed by atoms with Gasteiger partial charge in [0, 0.05) is 7.05 Å². The number of carbonyl (C=O) groups excluding carboxylic acids is 2. The number of carbonyl (C=O) groups is 2. The van der Waals surface area contributed by atoms with Crippen LogP contribution in [0, 0.1) is 6.92 Å². The van der Waals surface area contributed by atoms with E-state index in [-0.39, 0.29) is 5.91 Å². The van der Waals surface area contributed by atoms with Crippen molar-refractivity contribution in [3.8, 4) is 0 Å². The molecular weight excluding hydrogens is 274 g/mol. The van der Waals surface area contributed by atoms with Gasteiger partial charge < -0.3 is 10.1 Å². The Balaban J connectivity index is 2.18. The molecular formula is C15H15NO3S. The van der Waals surface area contributed by atoms with Crippen molar-refractivity contribution in [2.45, 2.75) is 13.0 Å². The van der Waals surface area contributed by atoms with E-state index >= 15 is 0 Å². The van der Waals surface area contributed by atoms with Gasteiger partial charge >= 0.3 is 5.97 Å². The molecule has 104 valence electrons. The molecule has 1 amide bonds. The molecule has 0 aliphatic carbocycles. The third kappa shape index (κ3) is 3.24. The molecule has 1 heterocycles. The fourth-order valence-corrected chi connectivity index (χ4v) is 2.43. The first-order valence-electron chi connectivity index (χ1n) is 6.14. The van der Waals surface area contributed by atoms with Crippen molar-refractivity contribution >= 4 is 23.2 Å². The maximum absolute atomic E-state index is 12.1. The number of benzene rings is 1. The Morgan fingerprint density at radius 3 is 2.45 bits per heavy atom. The van der Waals surface area contributed by atoms with Gasteiger partial charge in [-0.25, -0.2) is 4.79 Å². The highest BCUT2D eigenvalue weighted by Crippen LogP contribution is 2.24. The lowest BCUT2D eigenvalue weighted by Gasteiger charge is -2.15. The SMILES string of the molecule is CNC(=O)C(OC(=O)c1ccc(C)cc1)c1cccs1. The topological polar surface area (TPSA) is 55.4 Å². The predicted molar refractivity (Wildman–Crippen MR) is 77.7 cm³/mol. The summed E-state index contributed by atoms with van der Waals surface area (Å²) < 4.78 is 5.33. The van der Waals surface area contributed by atoms with Crippen molar-refractivity contribution < 1.29 is 14.3 Å². The number of hydrogen-bond donors (Lipinski definition) is 1. The van der Waals surface area contributed by atoms with Gasteiger partial charge in [-0.05, 0) is 30.5 Å². The maximum Gasteiger partial charge on any atom is 0.339 e. The van der Waals surface area contributed by atoms with Gasteiger partial charge in [-0.15, -0.1) is 11.3 Å². The first-order chi connectivity index (χ1) is 9.61. The minimum atomic E-state index is -0.909. The number of thiophene rings is 1. The van der Waals surface area contributed by atoms with Crippen LogP contribution in [0.1, 0.15) is 26.9 Å². The van der Waals surface area contributed by atoms with Crippen LogP contribution >= 0.6 is 11.3 Å². The molecule has 0 saturated heterocycles. The summed E-state index contributed by atoms with van der Waals surface area (Å²) >= 11 is 1.38. The van der Waals surface area contributed by atoms with Crippen LogP contribution in [0.3, 0.4) is 0 Å². The van der Waals surface area contributed by atoms with E-state index in [2.05, 4.69) is 5.32 Å². The summed E-state index contributed by atoms with van der Waals surface area (Å²) in [6.45, 7) is 1.94. The number of hydrogen-bond acceptors (Lipinski definition) is 4. The van der Waals surface area contributed by atoms with E-state index in [0.29, 0.717) is 10.4 Å². The van der Waals surface area contributed by atoms with E-state index < -0.39 is 12.1 Å². The molecule has 0 saturated carbocycles. The fraction of sp³-hybridized carbons (Fsp3) is 0.200. The van der Waals surface area contributed by atoms with Crippen LogP contribution in [0.5, 0.6) is 0 Å². The van der Waals surface area contributed by atoms with Crippen molar-refractivity contribution in [3.63, 3.8) is 0 Å². The number of aryl methyl sites for hydroxylation is 1. The summed E-state index contributed by atoms with van der Waals surface area (Å²) in [7, 11) is 1.52. The van der Waals surface area contributed by atoms with E-state index in [1.54, 1.807) is 18.2 Å². The molecule has 0 aliphatic heterocycles. The minimum absolute atomic E-state index is 0.340. The highest BCUT2D eigenvalue weighted by molar-refractivity contribution is 7.10. The average Bonchev–Trinajstić information content (AvgIpc) is 2.98. The Morgan fingerprint density at radius 2 is 1.90 bits per heavy atom. The van der Waals surface area contributed by atoms with Gasteiger partial charge in [-0.2, -0.15) is 0 Å². The Morgan fingerprint density at radius 1 is 1.20 bits per heavy atom. The highest BCUT2D eigenvalue weighted by Gasteiger charge is 2.25. The summed E-state index contributed by atoms with van der Waals surface area (Å²) in [5, 5.41) is 4.35. The smallest absolute Gasteiger partial charge is 0.339 e. The lowest BCUT2D eigenvalue weighted by Crippen LogP contribution is -2.28. The normalized spacial score (nSPS) is 11.7. The van der Waals surface area contributed by atoms with Crippen molar-refractivity contribution in [1.29, 1.82) is 0 Å². The Hall–Kier alpha value is -2.14. The van der Waals surface area contributed by atoms with Crippen LogP contribution in [-0.2, 0) is 9.53 Å². The van der Waals surface area contributed by atoms with E-state index in [0.717, 1.165) is 5.56 Å². The third-order valence-electron chi connectivity index (χ3n) is 2.80. The minimum Gasteiger partial charge on any atom is -0.443 e. The summed E-state index contributed by atoms with van der Waals surface area (Å²) in [6, 6.07) is 10.6. The van der Waals surface area contributed by atoms with Gasteiger partial charge in [0.2, 0.25) is 6.10 Å². The molecule has 0 radical (unpaired) electrons. The number of nitrogens with one attached hydrogen (secondary N) is 1. The fourth-order valence-electron chi connectivity index (χ4n) is 1.68. The van der Waals surface area contributed by atoms with Crippen LogP contribution < -0.4 is 5.32 Å². The number of ether oxygens (including phenoxy) is 1. The van der Waals surface area contributed by atoms with Gasteiger partial charge in [-0.1, -0.05) is 23.8 Å². The quantitative estimate of drug-likeness (QED) is 0.880. The van der Waals surface area contributed by atoms with Crippen molar-refractivity contribution in [3.05, 3.63) is 57.8 Å². The average molecular weight is 289 g/mol.